The topological polar surface area (TPSA) is 108 Å². The minimum Gasteiger partial charge on any atom is -0.497 e. The Kier molecular flexibility index (Phi) is 6.17. The molecule has 1 N–H and O–H groups in total. The number of carboxylic acid groups (broad SMARTS) is 1. The Balaban J connectivity index is 1.53. The largest absolute Gasteiger partial charge is 0.497 e. The monoisotopic (exact) mass is 444 g/mol. The van der Waals surface area contributed by atoms with Crippen molar-refractivity contribution in [3.05, 3.63) is 100 Å². The molecule has 0 aliphatic rings. The maximum atomic E-state index is 13.0. The number of fused-ring (bicyclic) bond motifs is 1. The molecule has 0 fully saturated rings. The first-order chi connectivity index (χ1) is 15.9. The number of nitrogens with zero attached hydrogens (tertiary/aromatic N) is 2. The lowest BCUT2D eigenvalue weighted by atomic mass is 10.1. The molecule has 3 aromatic carbocycles. The average molecular weight is 444 g/mol. The van der Waals surface area contributed by atoms with E-state index in [2.05, 4.69) is 4.98 Å². The molecule has 8 heteroatoms. The Morgan fingerprint density at radius 2 is 1.76 bits per heavy atom. The van der Waals surface area contributed by atoms with Crippen LogP contribution in [0, 0.1) is 0 Å². The zero-order valence-corrected chi connectivity index (χ0v) is 17.7. The number of hydrogen-bond donors (Lipinski definition) is 1. The number of aromatic carboxylic acids is 1. The van der Waals surface area contributed by atoms with Crippen molar-refractivity contribution < 1.29 is 24.2 Å². The zero-order chi connectivity index (χ0) is 23.4. The van der Waals surface area contributed by atoms with E-state index < -0.39 is 11.9 Å². The van der Waals surface area contributed by atoms with Crippen LogP contribution >= 0.6 is 0 Å². The molecule has 0 atom stereocenters. The van der Waals surface area contributed by atoms with Gasteiger partial charge in [-0.3, -0.25) is 14.2 Å². The smallest absolute Gasteiger partial charge is 0.335 e. The summed E-state index contributed by atoms with van der Waals surface area (Å²) < 4.78 is 12.0. The summed E-state index contributed by atoms with van der Waals surface area (Å²) in [6.45, 7) is 0.224. The van der Waals surface area contributed by atoms with Crippen molar-refractivity contribution in [2.24, 2.45) is 0 Å². The van der Waals surface area contributed by atoms with Gasteiger partial charge in [-0.25, -0.2) is 9.78 Å². The van der Waals surface area contributed by atoms with Gasteiger partial charge in [-0.2, -0.15) is 0 Å². The number of carbonyl (C=O) groups is 2. The molecular formula is C25H20N2O6. The number of carboxylic acids is 1. The van der Waals surface area contributed by atoms with Gasteiger partial charge in [-0.1, -0.05) is 24.3 Å². The first-order valence-electron chi connectivity index (χ1n) is 10.1. The zero-order valence-electron chi connectivity index (χ0n) is 17.7. The van der Waals surface area contributed by atoms with Gasteiger partial charge < -0.3 is 14.6 Å². The third-order valence-electron chi connectivity index (χ3n) is 5.06. The number of methoxy groups -OCH3 is 1. The van der Waals surface area contributed by atoms with Crippen LogP contribution in [0.1, 0.15) is 21.5 Å². The summed E-state index contributed by atoms with van der Waals surface area (Å²) in [5.74, 6) is -0.585. The van der Waals surface area contributed by atoms with Gasteiger partial charge >= 0.3 is 11.9 Å². The Labute approximate surface area is 188 Å². The van der Waals surface area contributed by atoms with Gasteiger partial charge in [0.05, 0.1) is 42.9 Å². The van der Waals surface area contributed by atoms with Crippen LogP contribution < -0.4 is 15.0 Å². The fraction of sp³-hybridized carbons (Fsp3) is 0.120. The molecule has 33 heavy (non-hydrogen) atoms. The van der Waals surface area contributed by atoms with Crippen molar-refractivity contribution >= 4 is 22.8 Å². The third-order valence-corrected chi connectivity index (χ3v) is 5.06. The molecule has 0 radical (unpaired) electrons. The summed E-state index contributed by atoms with van der Waals surface area (Å²) >= 11 is 0. The van der Waals surface area contributed by atoms with Crippen molar-refractivity contribution in [2.45, 2.75) is 13.0 Å². The minimum atomic E-state index is -1.01. The Bertz CT molecular complexity index is 1390. The predicted molar refractivity (Wildman–Crippen MR) is 121 cm³/mol. The number of rotatable bonds is 7. The molecule has 1 aromatic heterocycles. The van der Waals surface area contributed by atoms with E-state index in [1.54, 1.807) is 55.6 Å². The van der Waals surface area contributed by atoms with Crippen LogP contribution in [0.25, 0.3) is 10.9 Å². The predicted octanol–water partition coefficient (Wildman–Crippen LogP) is 3.30. The van der Waals surface area contributed by atoms with Gasteiger partial charge in [0.1, 0.15) is 11.5 Å². The lowest BCUT2D eigenvalue weighted by Gasteiger charge is -2.09. The lowest BCUT2D eigenvalue weighted by molar-refractivity contribution is -0.133. The highest BCUT2D eigenvalue weighted by Crippen LogP contribution is 2.19. The summed E-state index contributed by atoms with van der Waals surface area (Å²) in [6, 6.07) is 18.1. The van der Waals surface area contributed by atoms with Crippen molar-refractivity contribution in [3.8, 4) is 11.5 Å². The standard InChI is InChI=1S/C25H20N2O6/c1-32-19-4-2-3-17(11-19)12-23(28)33-20-9-10-22-21(13-20)24(29)27(15-26-22)14-16-5-7-18(8-6-16)25(30)31/h2-11,13,15H,12,14H2,1H3,(H,30,31). The molecule has 166 valence electrons. The summed E-state index contributed by atoms with van der Waals surface area (Å²) in [4.78, 5) is 40.7. The van der Waals surface area contributed by atoms with E-state index in [1.165, 1.54) is 29.1 Å². The van der Waals surface area contributed by atoms with Crippen LogP contribution in [0.5, 0.6) is 11.5 Å². The van der Waals surface area contributed by atoms with E-state index >= 15 is 0 Å². The average Bonchev–Trinajstić information content (AvgIpc) is 2.81. The quantitative estimate of drug-likeness (QED) is 0.344. The van der Waals surface area contributed by atoms with E-state index in [0.29, 0.717) is 16.7 Å². The highest BCUT2D eigenvalue weighted by atomic mass is 16.5. The maximum Gasteiger partial charge on any atom is 0.335 e. The van der Waals surface area contributed by atoms with Gasteiger partial charge in [0, 0.05) is 0 Å². The molecule has 0 saturated heterocycles. The van der Waals surface area contributed by atoms with Crippen molar-refractivity contribution in [3.63, 3.8) is 0 Å². The van der Waals surface area contributed by atoms with Crippen LogP contribution in [-0.4, -0.2) is 33.7 Å². The molecule has 0 unspecified atom stereocenters. The fourth-order valence-corrected chi connectivity index (χ4v) is 3.38. The Morgan fingerprint density at radius 3 is 2.48 bits per heavy atom. The van der Waals surface area contributed by atoms with Crippen molar-refractivity contribution in [1.29, 1.82) is 0 Å². The van der Waals surface area contributed by atoms with Crippen molar-refractivity contribution in [2.75, 3.05) is 7.11 Å². The van der Waals surface area contributed by atoms with E-state index in [-0.39, 0.29) is 29.8 Å². The molecule has 4 aromatic rings. The van der Waals surface area contributed by atoms with Gasteiger partial charge in [-0.15, -0.1) is 0 Å². The first-order valence-corrected chi connectivity index (χ1v) is 10.1. The SMILES string of the molecule is COc1cccc(CC(=O)Oc2ccc3ncn(Cc4ccc(C(=O)O)cc4)c(=O)c3c2)c1. The van der Waals surface area contributed by atoms with E-state index in [0.717, 1.165) is 11.1 Å². The second kappa shape index (κ2) is 9.35. The van der Waals surface area contributed by atoms with Crippen LogP contribution in [0.4, 0.5) is 0 Å². The van der Waals surface area contributed by atoms with Crippen LogP contribution in [0.15, 0.2) is 77.9 Å². The number of hydrogen-bond acceptors (Lipinski definition) is 6. The number of carbonyl (C=O) groups excluding carboxylic acids is 1. The Hall–Kier alpha value is -4.46. The normalized spacial score (nSPS) is 10.7. The molecule has 1 heterocycles. The second-order valence-electron chi connectivity index (χ2n) is 7.36. The molecule has 0 amide bonds. The molecular weight excluding hydrogens is 424 g/mol. The van der Waals surface area contributed by atoms with E-state index in [4.69, 9.17) is 14.6 Å². The molecule has 0 spiro atoms. The number of esters is 1. The van der Waals surface area contributed by atoms with Crippen LogP contribution in [-0.2, 0) is 17.8 Å². The van der Waals surface area contributed by atoms with Crippen molar-refractivity contribution in [1.82, 2.24) is 9.55 Å². The van der Waals surface area contributed by atoms with Crippen LogP contribution in [0.2, 0.25) is 0 Å². The van der Waals surface area contributed by atoms with Gasteiger partial charge in [0.2, 0.25) is 0 Å². The molecule has 0 aliphatic heterocycles. The van der Waals surface area contributed by atoms with Crippen LogP contribution in [0.3, 0.4) is 0 Å². The molecule has 0 aliphatic carbocycles. The second-order valence-corrected chi connectivity index (χ2v) is 7.36. The summed E-state index contributed by atoms with van der Waals surface area (Å²) in [5.41, 5.74) is 1.85. The number of benzene rings is 3. The highest BCUT2D eigenvalue weighted by Gasteiger charge is 2.11. The number of aromatic nitrogens is 2. The molecule has 0 bridgehead atoms. The minimum absolute atomic E-state index is 0.0544. The summed E-state index contributed by atoms with van der Waals surface area (Å²) in [5, 5.41) is 9.33. The number of ether oxygens (including phenoxy) is 2. The van der Waals surface area contributed by atoms with Gasteiger partial charge in [-0.05, 0) is 53.6 Å². The van der Waals surface area contributed by atoms with E-state index in [1.807, 2.05) is 0 Å². The molecule has 8 nitrogen and oxygen atoms in total. The van der Waals surface area contributed by atoms with E-state index in [9.17, 15) is 14.4 Å². The maximum absolute atomic E-state index is 13.0. The van der Waals surface area contributed by atoms with Gasteiger partial charge in [0.15, 0.2) is 0 Å². The van der Waals surface area contributed by atoms with Gasteiger partial charge in [0.25, 0.3) is 5.56 Å². The molecule has 4 rings (SSSR count). The highest BCUT2D eigenvalue weighted by molar-refractivity contribution is 5.87. The summed E-state index contributed by atoms with van der Waals surface area (Å²) in [6.07, 6.45) is 1.49. The summed E-state index contributed by atoms with van der Waals surface area (Å²) in [7, 11) is 1.55. The third kappa shape index (κ3) is 5.07. The fourth-order valence-electron chi connectivity index (χ4n) is 3.38. The lowest BCUT2D eigenvalue weighted by Crippen LogP contribution is -2.21. The first kappa shape index (κ1) is 21.8. The Morgan fingerprint density at radius 1 is 0.970 bits per heavy atom. The molecule has 0 saturated carbocycles.